The topological polar surface area (TPSA) is 57.3 Å². The van der Waals surface area contributed by atoms with Gasteiger partial charge in [-0.3, -0.25) is 9.78 Å². The average Bonchev–Trinajstić information content (AvgIpc) is 2.98. The molecule has 184 valence electrons. The van der Waals surface area contributed by atoms with Gasteiger partial charge in [-0.05, 0) is 75.2 Å². The summed E-state index contributed by atoms with van der Waals surface area (Å²) < 4.78 is 41.1. The van der Waals surface area contributed by atoms with Crippen molar-refractivity contribution < 1.29 is 18.0 Å². The zero-order chi connectivity index (χ0) is 24.1. The van der Waals surface area contributed by atoms with Gasteiger partial charge in [-0.2, -0.15) is 13.2 Å². The molecule has 0 aliphatic carbocycles. The van der Waals surface area contributed by atoms with Crippen LogP contribution in [0.2, 0.25) is 0 Å². The number of piperidine rings is 2. The number of aromatic nitrogens is 1. The fraction of sp³-hybridized carbons (Fsp3) is 0.615. The van der Waals surface area contributed by atoms with Crippen LogP contribution >= 0.6 is 0 Å². The van der Waals surface area contributed by atoms with Crippen molar-refractivity contribution in [3.63, 3.8) is 0 Å². The Balaban J connectivity index is 1.46. The minimum atomic E-state index is -4.49. The van der Waals surface area contributed by atoms with Crippen molar-refractivity contribution in [3.8, 4) is 0 Å². The summed E-state index contributed by atoms with van der Waals surface area (Å²) in [5, 5.41) is 7.17. The average molecular weight is 475 g/mol. The fourth-order valence-corrected chi connectivity index (χ4v) is 6.73. The lowest BCUT2D eigenvalue weighted by molar-refractivity contribution is -0.136. The highest BCUT2D eigenvalue weighted by Crippen LogP contribution is 2.42. The monoisotopic (exact) mass is 474 g/mol. The van der Waals surface area contributed by atoms with Crippen molar-refractivity contribution in [1.82, 2.24) is 20.5 Å². The first kappa shape index (κ1) is 23.5. The molecule has 1 amide bonds. The van der Waals surface area contributed by atoms with Gasteiger partial charge in [-0.25, -0.2) is 0 Å². The number of hydrogen-bond acceptors (Lipinski definition) is 4. The molecule has 5 rings (SSSR count). The van der Waals surface area contributed by atoms with E-state index in [1.165, 1.54) is 19.0 Å². The highest BCUT2D eigenvalue weighted by atomic mass is 19.4. The van der Waals surface area contributed by atoms with Crippen LogP contribution in [-0.2, 0) is 16.5 Å². The smallest absolute Gasteiger partial charge is 0.345 e. The number of nitrogens with one attached hydrogen (secondary N) is 2. The van der Waals surface area contributed by atoms with E-state index in [0.717, 1.165) is 25.5 Å². The number of alkyl halides is 3. The molecule has 3 saturated heterocycles. The Hall–Kier alpha value is -2.19. The Bertz CT molecular complexity index is 1060. The maximum absolute atomic E-state index is 13.7. The molecule has 34 heavy (non-hydrogen) atoms. The lowest BCUT2D eigenvalue weighted by Crippen LogP contribution is -2.57. The predicted molar refractivity (Wildman–Crippen MR) is 125 cm³/mol. The van der Waals surface area contributed by atoms with Gasteiger partial charge >= 0.3 is 6.18 Å². The van der Waals surface area contributed by atoms with E-state index in [1.807, 2.05) is 0 Å². The molecule has 2 aromatic rings. The Kier molecular flexibility index (Phi) is 6.09. The molecule has 0 spiro atoms. The summed E-state index contributed by atoms with van der Waals surface area (Å²) in [6.07, 6.45) is 2.51. The second kappa shape index (κ2) is 8.79. The van der Waals surface area contributed by atoms with Gasteiger partial charge in [0.05, 0.1) is 16.6 Å². The van der Waals surface area contributed by atoms with Gasteiger partial charge in [0, 0.05) is 36.6 Å². The Morgan fingerprint density at radius 2 is 1.97 bits per heavy atom. The molecule has 2 unspecified atom stereocenters. The predicted octanol–water partition coefficient (Wildman–Crippen LogP) is 4.46. The molecule has 1 aromatic heterocycles. The number of benzene rings is 1. The van der Waals surface area contributed by atoms with E-state index in [9.17, 15) is 18.0 Å². The van der Waals surface area contributed by atoms with Gasteiger partial charge < -0.3 is 15.5 Å². The van der Waals surface area contributed by atoms with Crippen LogP contribution in [0.4, 0.5) is 13.2 Å². The molecule has 8 heteroatoms. The van der Waals surface area contributed by atoms with Crippen molar-refractivity contribution in [1.29, 1.82) is 0 Å². The SMILES string of the molecule is C[C@@H]1CNC[C@](NC(=O)CC2CC3CCC(C2)N3C)(c2ccc(C(F)(F)F)c3ncccc23)C1. The third-order valence-corrected chi connectivity index (χ3v) is 8.26. The third-order valence-electron chi connectivity index (χ3n) is 8.26. The number of carbonyl (C=O) groups is 1. The summed E-state index contributed by atoms with van der Waals surface area (Å²) >= 11 is 0. The van der Waals surface area contributed by atoms with E-state index in [4.69, 9.17) is 0 Å². The number of fused-ring (bicyclic) bond motifs is 3. The zero-order valence-electron chi connectivity index (χ0n) is 19.8. The van der Waals surface area contributed by atoms with E-state index >= 15 is 0 Å². The van der Waals surface area contributed by atoms with Crippen LogP contribution in [0.15, 0.2) is 30.5 Å². The standard InChI is InChI=1S/C26H33F3N4O/c1-16-13-25(15-30-14-16,32-23(34)12-17-10-18-5-6-19(11-17)33(18)2)21-7-8-22(26(27,28)29)24-20(21)4-3-9-31-24/h3-4,7-9,16-19,30H,5-6,10-15H2,1-2H3,(H,32,34)/t16-,17?,18?,19?,25-/m0/s1. The van der Waals surface area contributed by atoms with Gasteiger partial charge in [0.1, 0.15) is 0 Å². The molecular weight excluding hydrogens is 441 g/mol. The number of amides is 1. The third kappa shape index (κ3) is 4.31. The highest BCUT2D eigenvalue weighted by molar-refractivity contribution is 5.88. The van der Waals surface area contributed by atoms with Gasteiger partial charge in [-0.1, -0.05) is 19.1 Å². The maximum Gasteiger partial charge on any atom is 0.418 e. The first-order valence-electron chi connectivity index (χ1n) is 12.4. The lowest BCUT2D eigenvalue weighted by Gasteiger charge is -2.43. The molecule has 3 aliphatic rings. The highest BCUT2D eigenvalue weighted by Gasteiger charge is 2.43. The number of hydrogen-bond donors (Lipinski definition) is 2. The maximum atomic E-state index is 13.7. The van der Waals surface area contributed by atoms with Crippen molar-refractivity contribution in [2.75, 3.05) is 20.1 Å². The summed E-state index contributed by atoms with van der Waals surface area (Å²) in [5.41, 5.74) is -0.873. The molecule has 3 aliphatic heterocycles. The molecule has 1 aromatic carbocycles. The minimum absolute atomic E-state index is 0.0122. The van der Waals surface area contributed by atoms with E-state index in [1.54, 1.807) is 18.2 Å². The van der Waals surface area contributed by atoms with Crippen LogP contribution in [0.3, 0.4) is 0 Å². The van der Waals surface area contributed by atoms with Crippen molar-refractivity contribution in [2.24, 2.45) is 11.8 Å². The van der Waals surface area contributed by atoms with E-state index in [0.29, 0.717) is 48.3 Å². The summed E-state index contributed by atoms with van der Waals surface area (Å²) in [7, 11) is 2.19. The van der Waals surface area contributed by atoms with Crippen molar-refractivity contribution in [3.05, 3.63) is 41.6 Å². The number of halogens is 3. The van der Waals surface area contributed by atoms with Crippen LogP contribution in [-0.4, -0.2) is 48.0 Å². The normalized spacial score (nSPS) is 32.1. The second-order valence-corrected chi connectivity index (χ2v) is 10.7. The van der Waals surface area contributed by atoms with Gasteiger partial charge in [0.2, 0.25) is 5.91 Å². The number of nitrogens with zero attached hydrogens (tertiary/aromatic N) is 2. The van der Waals surface area contributed by atoms with Gasteiger partial charge in [0.15, 0.2) is 0 Å². The Labute approximate surface area is 198 Å². The number of carbonyl (C=O) groups excluding carboxylic acids is 1. The molecule has 4 heterocycles. The van der Waals surface area contributed by atoms with Crippen LogP contribution < -0.4 is 10.6 Å². The van der Waals surface area contributed by atoms with Gasteiger partial charge in [-0.15, -0.1) is 0 Å². The van der Waals surface area contributed by atoms with Crippen molar-refractivity contribution in [2.45, 2.75) is 69.2 Å². The molecule has 2 bridgehead atoms. The summed E-state index contributed by atoms with van der Waals surface area (Å²) in [4.78, 5) is 20.0. The molecule has 0 radical (unpaired) electrons. The Morgan fingerprint density at radius 3 is 2.65 bits per heavy atom. The number of rotatable bonds is 4. The molecule has 0 saturated carbocycles. The zero-order valence-corrected chi connectivity index (χ0v) is 19.8. The van der Waals surface area contributed by atoms with Crippen LogP contribution in [0.5, 0.6) is 0 Å². The fourth-order valence-electron chi connectivity index (χ4n) is 6.73. The minimum Gasteiger partial charge on any atom is -0.345 e. The molecule has 4 atom stereocenters. The summed E-state index contributed by atoms with van der Waals surface area (Å²) in [6.45, 7) is 3.40. The molecular formula is C26H33F3N4O. The van der Waals surface area contributed by atoms with Crippen molar-refractivity contribution >= 4 is 16.8 Å². The van der Waals surface area contributed by atoms with Crippen LogP contribution in [0.25, 0.3) is 10.9 Å². The van der Waals surface area contributed by atoms with Crippen LogP contribution in [0.1, 0.15) is 56.6 Å². The van der Waals surface area contributed by atoms with Crippen LogP contribution in [0, 0.1) is 11.8 Å². The van der Waals surface area contributed by atoms with E-state index in [2.05, 4.69) is 34.5 Å². The number of pyridine rings is 1. The van der Waals surface area contributed by atoms with E-state index in [-0.39, 0.29) is 17.3 Å². The molecule has 3 fully saturated rings. The lowest BCUT2D eigenvalue weighted by atomic mass is 9.76. The molecule has 2 N–H and O–H groups in total. The largest absolute Gasteiger partial charge is 0.418 e. The first-order valence-corrected chi connectivity index (χ1v) is 12.4. The second-order valence-electron chi connectivity index (χ2n) is 10.7. The summed E-state index contributed by atoms with van der Waals surface area (Å²) in [6, 6.07) is 7.14. The quantitative estimate of drug-likeness (QED) is 0.687. The molecule has 5 nitrogen and oxygen atoms in total. The first-order chi connectivity index (χ1) is 16.2. The van der Waals surface area contributed by atoms with E-state index < -0.39 is 17.3 Å². The van der Waals surface area contributed by atoms with Gasteiger partial charge in [0.25, 0.3) is 0 Å². The summed E-state index contributed by atoms with van der Waals surface area (Å²) in [5.74, 6) is 0.606. The Morgan fingerprint density at radius 1 is 1.24 bits per heavy atom.